The molecule has 0 bridgehead atoms. The van der Waals surface area contributed by atoms with Crippen LogP contribution >= 0.6 is 0 Å². The Kier molecular flexibility index (Phi) is 5.35. The Morgan fingerprint density at radius 3 is 2.11 bits per heavy atom. The zero-order valence-electron chi connectivity index (χ0n) is 11.7. The average Bonchev–Trinajstić information content (AvgIpc) is 2.32. The highest BCUT2D eigenvalue weighted by molar-refractivity contribution is 5.74. The van der Waals surface area contributed by atoms with Gasteiger partial charge in [0.25, 0.3) is 0 Å². The second-order valence-corrected chi connectivity index (χ2v) is 4.65. The molecule has 0 spiro atoms. The highest BCUT2D eigenvalue weighted by Gasteiger charge is 2.24. The molecule has 0 saturated heterocycles. The lowest BCUT2D eigenvalue weighted by molar-refractivity contribution is -0.143. The summed E-state index contributed by atoms with van der Waals surface area (Å²) < 4.78 is 0. The molecule has 1 N–H and O–H groups in total. The van der Waals surface area contributed by atoms with E-state index in [4.69, 9.17) is 0 Å². The van der Waals surface area contributed by atoms with Gasteiger partial charge in [-0.3, -0.25) is 9.69 Å². The van der Waals surface area contributed by atoms with Gasteiger partial charge in [0.1, 0.15) is 6.04 Å². The van der Waals surface area contributed by atoms with Crippen LogP contribution in [0.15, 0.2) is 18.2 Å². The SMILES string of the molecule is CCN(CC)C(Cc1c(C)cccc1C)C(=O)O. The molecule has 0 aromatic heterocycles. The minimum Gasteiger partial charge on any atom is -0.480 e. The van der Waals surface area contributed by atoms with E-state index in [1.54, 1.807) is 0 Å². The maximum atomic E-state index is 11.4. The maximum Gasteiger partial charge on any atom is 0.321 e. The van der Waals surface area contributed by atoms with Gasteiger partial charge in [-0.2, -0.15) is 0 Å². The van der Waals surface area contributed by atoms with E-state index in [2.05, 4.69) is 0 Å². The molecular formula is C15H23NO2. The number of hydrogen-bond acceptors (Lipinski definition) is 2. The molecule has 0 heterocycles. The van der Waals surface area contributed by atoms with Crippen molar-refractivity contribution in [3.8, 4) is 0 Å². The van der Waals surface area contributed by atoms with E-state index in [1.807, 2.05) is 50.8 Å². The molecule has 3 heteroatoms. The predicted molar refractivity (Wildman–Crippen MR) is 74.0 cm³/mol. The van der Waals surface area contributed by atoms with Crippen molar-refractivity contribution in [3.63, 3.8) is 0 Å². The third-order valence-corrected chi connectivity index (χ3v) is 3.58. The summed E-state index contributed by atoms with van der Waals surface area (Å²) in [6.07, 6.45) is 0.579. The highest BCUT2D eigenvalue weighted by atomic mass is 16.4. The van der Waals surface area contributed by atoms with Crippen molar-refractivity contribution in [3.05, 3.63) is 34.9 Å². The Balaban J connectivity index is 3.00. The van der Waals surface area contributed by atoms with Crippen molar-refractivity contribution in [1.29, 1.82) is 0 Å². The van der Waals surface area contributed by atoms with Gasteiger partial charge >= 0.3 is 5.97 Å². The van der Waals surface area contributed by atoms with Gasteiger partial charge in [0.2, 0.25) is 0 Å². The lowest BCUT2D eigenvalue weighted by atomic mass is 9.95. The number of nitrogens with zero attached hydrogens (tertiary/aromatic N) is 1. The minimum absolute atomic E-state index is 0.431. The van der Waals surface area contributed by atoms with E-state index >= 15 is 0 Å². The quantitative estimate of drug-likeness (QED) is 0.842. The first-order valence-corrected chi connectivity index (χ1v) is 6.53. The topological polar surface area (TPSA) is 40.5 Å². The van der Waals surface area contributed by atoms with Crippen LogP contribution in [0.25, 0.3) is 0 Å². The second-order valence-electron chi connectivity index (χ2n) is 4.65. The summed E-state index contributed by atoms with van der Waals surface area (Å²) in [6.45, 7) is 9.62. The van der Waals surface area contributed by atoms with E-state index < -0.39 is 12.0 Å². The molecule has 0 fully saturated rings. The molecule has 0 aliphatic rings. The molecule has 1 unspecified atom stereocenters. The normalized spacial score (nSPS) is 12.7. The van der Waals surface area contributed by atoms with Crippen LogP contribution in [0.1, 0.15) is 30.5 Å². The van der Waals surface area contributed by atoms with E-state index in [-0.39, 0.29) is 0 Å². The van der Waals surface area contributed by atoms with Crippen molar-refractivity contribution < 1.29 is 9.90 Å². The zero-order chi connectivity index (χ0) is 13.7. The molecule has 18 heavy (non-hydrogen) atoms. The lowest BCUT2D eigenvalue weighted by Gasteiger charge is -2.27. The van der Waals surface area contributed by atoms with Crippen LogP contribution in [0.3, 0.4) is 0 Å². The first-order valence-electron chi connectivity index (χ1n) is 6.53. The van der Waals surface area contributed by atoms with Crippen LogP contribution < -0.4 is 0 Å². The third kappa shape index (κ3) is 3.33. The van der Waals surface area contributed by atoms with Crippen LogP contribution in [-0.4, -0.2) is 35.1 Å². The smallest absolute Gasteiger partial charge is 0.321 e. The Bertz CT molecular complexity index is 391. The number of carbonyl (C=O) groups is 1. The van der Waals surface area contributed by atoms with Crippen LogP contribution in [-0.2, 0) is 11.2 Å². The lowest BCUT2D eigenvalue weighted by Crippen LogP contribution is -2.42. The summed E-state index contributed by atoms with van der Waals surface area (Å²) in [6, 6.07) is 5.67. The maximum absolute atomic E-state index is 11.4. The highest BCUT2D eigenvalue weighted by Crippen LogP contribution is 2.17. The minimum atomic E-state index is -0.735. The number of likely N-dealkylation sites (N-methyl/N-ethyl adjacent to an activating group) is 1. The molecule has 100 valence electrons. The molecule has 3 nitrogen and oxygen atoms in total. The van der Waals surface area contributed by atoms with Crippen LogP contribution in [0.4, 0.5) is 0 Å². The summed E-state index contributed by atoms with van der Waals surface area (Å²) in [5.41, 5.74) is 3.51. The van der Waals surface area contributed by atoms with Crippen molar-refractivity contribution in [2.45, 2.75) is 40.2 Å². The van der Waals surface area contributed by atoms with Gasteiger partial charge in [-0.15, -0.1) is 0 Å². The summed E-state index contributed by atoms with van der Waals surface area (Å²) in [5.74, 6) is -0.735. The van der Waals surface area contributed by atoms with E-state index in [1.165, 1.54) is 11.1 Å². The average molecular weight is 249 g/mol. The fourth-order valence-corrected chi connectivity index (χ4v) is 2.40. The number of aryl methyl sites for hydroxylation is 2. The standard InChI is InChI=1S/C15H23NO2/c1-5-16(6-2)14(15(17)18)10-13-11(3)8-7-9-12(13)4/h7-9,14H,5-6,10H2,1-4H3,(H,17,18). The van der Waals surface area contributed by atoms with E-state index in [0.717, 1.165) is 18.7 Å². The van der Waals surface area contributed by atoms with Gasteiger partial charge in [-0.25, -0.2) is 0 Å². The summed E-state index contributed by atoms with van der Waals surface area (Å²) in [4.78, 5) is 13.4. The number of aliphatic carboxylic acids is 1. The number of hydrogen-bond donors (Lipinski definition) is 1. The van der Waals surface area contributed by atoms with Crippen LogP contribution in [0, 0.1) is 13.8 Å². The summed E-state index contributed by atoms with van der Waals surface area (Å²) in [7, 11) is 0. The first-order chi connectivity index (χ1) is 8.51. The predicted octanol–water partition coefficient (Wildman–Crippen LogP) is 2.64. The first kappa shape index (κ1) is 14.7. The molecular weight excluding hydrogens is 226 g/mol. The van der Waals surface area contributed by atoms with Gasteiger partial charge < -0.3 is 5.11 Å². The summed E-state index contributed by atoms with van der Waals surface area (Å²) in [5, 5.41) is 9.41. The number of carboxylic acid groups (broad SMARTS) is 1. The molecule has 0 saturated carbocycles. The van der Waals surface area contributed by atoms with Crippen molar-refractivity contribution in [2.75, 3.05) is 13.1 Å². The largest absolute Gasteiger partial charge is 0.480 e. The second kappa shape index (κ2) is 6.55. The Morgan fingerprint density at radius 1 is 1.22 bits per heavy atom. The van der Waals surface area contributed by atoms with Gasteiger partial charge in [0.15, 0.2) is 0 Å². The number of benzene rings is 1. The van der Waals surface area contributed by atoms with Gasteiger partial charge in [0.05, 0.1) is 0 Å². The summed E-state index contributed by atoms with van der Waals surface area (Å²) >= 11 is 0. The Morgan fingerprint density at radius 2 is 1.72 bits per heavy atom. The van der Waals surface area contributed by atoms with Gasteiger partial charge in [0, 0.05) is 0 Å². The molecule has 1 atom stereocenters. The van der Waals surface area contributed by atoms with Crippen molar-refractivity contribution in [2.24, 2.45) is 0 Å². The fourth-order valence-electron chi connectivity index (χ4n) is 2.40. The zero-order valence-corrected chi connectivity index (χ0v) is 11.7. The molecule has 0 aliphatic heterocycles. The fraction of sp³-hybridized carbons (Fsp3) is 0.533. The number of rotatable bonds is 6. The van der Waals surface area contributed by atoms with Gasteiger partial charge in [-0.1, -0.05) is 32.0 Å². The molecule has 1 aromatic rings. The van der Waals surface area contributed by atoms with E-state index in [0.29, 0.717) is 6.42 Å². The van der Waals surface area contributed by atoms with Crippen LogP contribution in [0.2, 0.25) is 0 Å². The van der Waals surface area contributed by atoms with Crippen LogP contribution in [0.5, 0.6) is 0 Å². The monoisotopic (exact) mass is 249 g/mol. The van der Waals surface area contributed by atoms with Gasteiger partial charge in [-0.05, 0) is 50.0 Å². The molecule has 0 radical (unpaired) electrons. The van der Waals surface area contributed by atoms with E-state index in [9.17, 15) is 9.90 Å². The number of carboxylic acids is 1. The molecule has 0 aliphatic carbocycles. The van der Waals surface area contributed by atoms with Crippen molar-refractivity contribution >= 4 is 5.97 Å². The third-order valence-electron chi connectivity index (χ3n) is 3.58. The molecule has 0 amide bonds. The Hall–Kier alpha value is -1.35. The van der Waals surface area contributed by atoms with Crippen molar-refractivity contribution in [1.82, 2.24) is 4.90 Å². The molecule has 1 aromatic carbocycles. The molecule has 1 rings (SSSR count). The Labute approximate surface area is 109 Å².